The fourth-order valence-electron chi connectivity index (χ4n) is 4.23. The molecule has 0 N–H and O–H groups in total. The molecule has 2 unspecified atom stereocenters. The first kappa shape index (κ1) is 21.1. The molecular formula is C25H24N2O6. The van der Waals surface area contributed by atoms with Crippen molar-refractivity contribution in [3.8, 4) is 22.8 Å². The molecule has 2 aliphatic heterocycles. The number of hydrogen-bond acceptors (Lipinski definition) is 7. The van der Waals surface area contributed by atoms with Crippen molar-refractivity contribution >= 4 is 17.6 Å². The molecule has 0 aliphatic carbocycles. The lowest BCUT2D eigenvalue weighted by molar-refractivity contribution is -0.149. The van der Waals surface area contributed by atoms with Gasteiger partial charge in [-0.1, -0.05) is 5.16 Å². The molecule has 3 heterocycles. The third-order valence-corrected chi connectivity index (χ3v) is 5.94. The van der Waals surface area contributed by atoms with E-state index >= 15 is 0 Å². The van der Waals surface area contributed by atoms with Crippen LogP contribution in [-0.4, -0.2) is 36.8 Å². The molecule has 1 amide bonds. The lowest BCUT2D eigenvalue weighted by Crippen LogP contribution is -2.26. The monoisotopic (exact) mass is 448 g/mol. The number of carbonyl (C=O) groups is 2. The van der Waals surface area contributed by atoms with E-state index in [-0.39, 0.29) is 31.6 Å². The number of aromatic nitrogens is 1. The van der Waals surface area contributed by atoms with Crippen molar-refractivity contribution in [1.29, 1.82) is 0 Å². The highest BCUT2D eigenvalue weighted by molar-refractivity contribution is 5.99. The first-order chi connectivity index (χ1) is 16.0. The van der Waals surface area contributed by atoms with Crippen molar-refractivity contribution in [3.63, 3.8) is 0 Å². The molecule has 2 aliphatic rings. The number of ether oxygens (including phenoxy) is 3. The number of fused-ring (bicyclic) bond motifs is 1. The van der Waals surface area contributed by atoms with Crippen LogP contribution in [0.25, 0.3) is 11.3 Å². The smallest absolute Gasteiger partial charge is 0.311 e. The second-order valence-corrected chi connectivity index (χ2v) is 8.35. The Morgan fingerprint density at radius 1 is 1.15 bits per heavy atom. The minimum absolute atomic E-state index is 0.0132. The standard InChI is InChI=1S/C25H24N2O6/c1-15-9-17-10-16(3-8-22(17)32-15)23-12-19(26-33-23)14-31-25(29)18-11-24(28)27(13-18)20-4-6-21(30-2)7-5-20/h3-8,10,12,15,18H,9,11,13-14H2,1-2H3. The van der Waals surface area contributed by atoms with Gasteiger partial charge in [0.1, 0.15) is 29.9 Å². The molecule has 0 spiro atoms. The van der Waals surface area contributed by atoms with Gasteiger partial charge >= 0.3 is 5.97 Å². The molecule has 1 aromatic heterocycles. The molecule has 0 saturated carbocycles. The Morgan fingerprint density at radius 2 is 1.97 bits per heavy atom. The first-order valence-electron chi connectivity index (χ1n) is 10.9. The van der Waals surface area contributed by atoms with Crippen LogP contribution >= 0.6 is 0 Å². The lowest BCUT2D eigenvalue weighted by Gasteiger charge is -2.16. The summed E-state index contributed by atoms with van der Waals surface area (Å²) in [5.41, 5.74) is 3.27. The van der Waals surface area contributed by atoms with Gasteiger partial charge in [0.15, 0.2) is 5.76 Å². The van der Waals surface area contributed by atoms with Crippen molar-refractivity contribution in [2.45, 2.75) is 32.5 Å². The fraction of sp³-hybridized carbons (Fsp3) is 0.320. The van der Waals surface area contributed by atoms with Gasteiger partial charge in [-0.05, 0) is 55.0 Å². The largest absolute Gasteiger partial charge is 0.497 e. The van der Waals surface area contributed by atoms with Gasteiger partial charge in [0, 0.05) is 36.7 Å². The van der Waals surface area contributed by atoms with Crippen LogP contribution in [0.4, 0.5) is 5.69 Å². The molecular weight excluding hydrogens is 424 g/mol. The van der Waals surface area contributed by atoms with Crippen LogP contribution in [0.2, 0.25) is 0 Å². The van der Waals surface area contributed by atoms with Crippen LogP contribution in [0, 0.1) is 5.92 Å². The summed E-state index contributed by atoms with van der Waals surface area (Å²) in [5, 5.41) is 4.02. The Labute approximate surface area is 191 Å². The zero-order chi connectivity index (χ0) is 22.9. The molecule has 8 heteroatoms. The Balaban J connectivity index is 1.18. The maximum Gasteiger partial charge on any atom is 0.311 e. The molecule has 3 aromatic rings. The summed E-state index contributed by atoms with van der Waals surface area (Å²) in [6, 6.07) is 14.8. The average Bonchev–Trinajstić information content (AvgIpc) is 3.54. The number of benzene rings is 2. The van der Waals surface area contributed by atoms with E-state index in [0.717, 1.165) is 29.0 Å². The van der Waals surface area contributed by atoms with Gasteiger partial charge in [0.05, 0.1) is 13.0 Å². The summed E-state index contributed by atoms with van der Waals surface area (Å²) in [5.74, 6) is 1.15. The topological polar surface area (TPSA) is 91.1 Å². The van der Waals surface area contributed by atoms with E-state index in [9.17, 15) is 9.59 Å². The minimum atomic E-state index is -0.523. The van der Waals surface area contributed by atoms with Crippen LogP contribution in [0.1, 0.15) is 24.6 Å². The van der Waals surface area contributed by atoms with E-state index in [1.54, 1.807) is 42.3 Å². The predicted octanol–water partition coefficient (Wildman–Crippen LogP) is 3.77. The molecule has 5 rings (SSSR count). The van der Waals surface area contributed by atoms with Gasteiger partial charge in [-0.15, -0.1) is 0 Å². The van der Waals surface area contributed by atoms with Crippen LogP contribution in [-0.2, 0) is 27.4 Å². The number of methoxy groups -OCH3 is 1. The Hall–Kier alpha value is -3.81. The zero-order valence-electron chi connectivity index (χ0n) is 18.4. The molecule has 8 nitrogen and oxygen atoms in total. The number of amides is 1. The van der Waals surface area contributed by atoms with Crippen molar-refractivity contribution < 1.29 is 28.3 Å². The van der Waals surface area contributed by atoms with E-state index < -0.39 is 11.9 Å². The normalized spacial score (nSPS) is 19.3. The van der Waals surface area contributed by atoms with Crippen LogP contribution in [0.5, 0.6) is 11.5 Å². The first-order valence-corrected chi connectivity index (χ1v) is 10.9. The van der Waals surface area contributed by atoms with E-state index in [1.807, 2.05) is 25.1 Å². The number of rotatable bonds is 6. The number of carbonyl (C=O) groups excluding carboxylic acids is 2. The molecule has 1 fully saturated rings. The number of hydrogen-bond donors (Lipinski definition) is 0. The molecule has 2 atom stereocenters. The second kappa shape index (κ2) is 8.61. The summed E-state index contributed by atoms with van der Waals surface area (Å²) >= 11 is 0. The lowest BCUT2D eigenvalue weighted by atomic mass is 10.1. The minimum Gasteiger partial charge on any atom is -0.497 e. The molecule has 2 aromatic carbocycles. The van der Waals surface area contributed by atoms with Crippen molar-refractivity contribution in [3.05, 3.63) is 59.8 Å². The highest BCUT2D eigenvalue weighted by atomic mass is 16.5. The molecule has 170 valence electrons. The summed E-state index contributed by atoms with van der Waals surface area (Å²) in [7, 11) is 1.58. The predicted molar refractivity (Wildman–Crippen MR) is 119 cm³/mol. The summed E-state index contributed by atoms with van der Waals surface area (Å²) in [6.45, 7) is 2.30. The summed E-state index contributed by atoms with van der Waals surface area (Å²) in [4.78, 5) is 26.6. The quantitative estimate of drug-likeness (QED) is 0.530. The Bertz CT molecular complexity index is 1190. The summed E-state index contributed by atoms with van der Waals surface area (Å²) < 4.78 is 21.8. The number of esters is 1. The van der Waals surface area contributed by atoms with Gasteiger partial charge in [-0.2, -0.15) is 0 Å². The molecule has 33 heavy (non-hydrogen) atoms. The van der Waals surface area contributed by atoms with E-state index in [0.29, 0.717) is 17.2 Å². The maximum atomic E-state index is 12.6. The summed E-state index contributed by atoms with van der Waals surface area (Å²) in [6.07, 6.45) is 1.14. The fourth-order valence-corrected chi connectivity index (χ4v) is 4.23. The van der Waals surface area contributed by atoms with E-state index in [2.05, 4.69) is 5.16 Å². The van der Waals surface area contributed by atoms with Gasteiger partial charge in [0.25, 0.3) is 0 Å². The SMILES string of the molecule is COc1ccc(N2CC(C(=O)OCc3cc(-c4ccc5c(c4)CC(C)O5)on3)CC2=O)cc1. The third kappa shape index (κ3) is 4.28. The maximum absolute atomic E-state index is 12.6. The van der Waals surface area contributed by atoms with E-state index in [4.69, 9.17) is 18.7 Å². The van der Waals surface area contributed by atoms with Crippen LogP contribution in [0.15, 0.2) is 53.1 Å². The van der Waals surface area contributed by atoms with E-state index in [1.165, 1.54) is 0 Å². The third-order valence-electron chi connectivity index (χ3n) is 5.94. The molecule has 0 radical (unpaired) electrons. The van der Waals surface area contributed by atoms with Crippen molar-refractivity contribution in [2.75, 3.05) is 18.6 Å². The molecule has 1 saturated heterocycles. The highest BCUT2D eigenvalue weighted by Crippen LogP contribution is 2.33. The Morgan fingerprint density at radius 3 is 2.76 bits per heavy atom. The zero-order valence-corrected chi connectivity index (χ0v) is 18.4. The van der Waals surface area contributed by atoms with Gasteiger partial charge in [0.2, 0.25) is 5.91 Å². The van der Waals surface area contributed by atoms with Gasteiger partial charge < -0.3 is 23.6 Å². The molecule has 0 bridgehead atoms. The number of nitrogens with zero attached hydrogens (tertiary/aromatic N) is 2. The Kier molecular flexibility index (Phi) is 5.50. The van der Waals surface area contributed by atoms with Crippen molar-refractivity contribution in [1.82, 2.24) is 5.16 Å². The van der Waals surface area contributed by atoms with Crippen LogP contribution < -0.4 is 14.4 Å². The van der Waals surface area contributed by atoms with Gasteiger partial charge in [-0.25, -0.2) is 0 Å². The number of anilines is 1. The second-order valence-electron chi connectivity index (χ2n) is 8.35. The highest BCUT2D eigenvalue weighted by Gasteiger charge is 2.36. The van der Waals surface area contributed by atoms with Crippen molar-refractivity contribution in [2.24, 2.45) is 5.92 Å². The van der Waals surface area contributed by atoms with Crippen LogP contribution in [0.3, 0.4) is 0 Å². The average molecular weight is 448 g/mol. The van der Waals surface area contributed by atoms with Gasteiger partial charge in [-0.3, -0.25) is 9.59 Å².